The molecule has 24 heavy (non-hydrogen) atoms. The second-order valence-corrected chi connectivity index (χ2v) is 7.99. The fraction of sp³-hybridized carbons (Fsp3) is 0.500. The summed E-state index contributed by atoms with van der Waals surface area (Å²) in [6.07, 6.45) is 0.402. The van der Waals surface area contributed by atoms with Crippen molar-refractivity contribution < 1.29 is 27.9 Å². The number of benzene rings is 1. The molecule has 134 valence electrons. The molecule has 0 bridgehead atoms. The van der Waals surface area contributed by atoms with Crippen molar-refractivity contribution in [3.05, 3.63) is 29.3 Å². The molecule has 0 atom stereocenters. The monoisotopic (exact) mass is 357 g/mol. The molecule has 0 aliphatic heterocycles. The first-order valence-corrected chi connectivity index (χ1v) is 9.34. The van der Waals surface area contributed by atoms with Gasteiger partial charge in [-0.25, -0.2) is 13.2 Å². The number of sulfone groups is 1. The smallest absolute Gasteiger partial charge is 0.335 e. The van der Waals surface area contributed by atoms with E-state index in [-0.39, 0.29) is 23.8 Å². The van der Waals surface area contributed by atoms with E-state index in [1.165, 1.54) is 19.2 Å². The molecule has 0 heterocycles. The highest BCUT2D eigenvalue weighted by Gasteiger charge is 2.18. The highest BCUT2D eigenvalue weighted by atomic mass is 32.2. The van der Waals surface area contributed by atoms with Crippen molar-refractivity contribution >= 4 is 21.7 Å². The van der Waals surface area contributed by atoms with Gasteiger partial charge in [0.1, 0.15) is 11.5 Å². The molecular formula is C16H23NO6S. The Morgan fingerprint density at radius 1 is 1.29 bits per heavy atom. The van der Waals surface area contributed by atoms with E-state index in [4.69, 9.17) is 9.84 Å². The number of carboxylic acid groups (broad SMARTS) is 1. The number of amides is 1. The van der Waals surface area contributed by atoms with Gasteiger partial charge in [-0.15, -0.1) is 0 Å². The van der Waals surface area contributed by atoms with Crippen molar-refractivity contribution in [2.45, 2.75) is 20.3 Å². The summed E-state index contributed by atoms with van der Waals surface area (Å²) in [5.74, 6) is -1.76. The van der Waals surface area contributed by atoms with Crippen molar-refractivity contribution in [2.75, 3.05) is 25.2 Å². The molecule has 2 N–H and O–H groups in total. The van der Waals surface area contributed by atoms with Gasteiger partial charge in [0.15, 0.2) is 9.84 Å². The predicted octanol–water partition coefficient (Wildman–Crippen LogP) is 1.12. The van der Waals surface area contributed by atoms with Crippen LogP contribution in [0.4, 0.5) is 0 Å². The first-order valence-electron chi connectivity index (χ1n) is 7.52. The Hall–Kier alpha value is -2.09. The van der Waals surface area contributed by atoms with E-state index in [2.05, 4.69) is 5.32 Å². The maximum Gasteiger partial charge on any atom is 0.335 e. The molecule has 0 aromatic heterocycles. The summed E-state index contributed by atoms with van der Waals surface area (Å²) in [4.78, 5) is 22.7. The fourth-order valence-corrected chi connectivity index (χ4v) is 3.87. The van der Waals surface area contributed by atoms with Gasteiger partial charge in [-0.3, -0.25) is 4.79 Å². The van der Waals surface area contributed by atoms with E-state index >= 15 is 0 Å². The number of aromatic carboxylic acids is 1. The molecule has 1 amide bonds. The third-order valence-electron chi connectivity index (χ3n) is 3.19. The quantitative estimate of drug-likeness (QED) is 0.685. The van der Waals surface area contributed by atoms with Gasteiger partial charge < -0.3 is 15.2 Å². The van der Waals surface area contributed by atoms with Gasteiger partial charge in [0, 0.05) is 6.54 Å². The van der Waals surface area contributed by atoms with E-state index < -0.39 is 27.5 Å². The van der Waals surface area contributed by atoms with Crippen LogP contribution in [0.2, 0.25) is 0 Å². The van der Waals surface area contributed by atoms with Crippen LogP contribution < -0.4 is 10.1 Å². The standard InChI is InChI=1S/C16H23NO6S/c1-11(2)9-24(21,22)10-15(18)17-7-6-12-4-5-13(16(19)20)8-14(12)23-3/h4-5,8,11H,6-7,9-10H2,1-3H3,(H,17,18)(H,19,20). The van der Waals surface area contributed by atoms with Gasteiger partial charge in [-0.2, -0.15) is 0 Å². The number of carboxylic acids is 1. The number of nitrogens with one attached hydrogen (secondary N) is 1. The second kappa shape index (κ2) is 8.68. The molecule has 0 spiro atoms. The number of rotatable bonds is 9. The first-order chi connectivity index (χ1) is 11.1. The molecule has 0 unspecified atom stereocenters. The van der Waals surface area contributed by atoms with Crippen molar-refractivity contribution in [1.29, 1.82) is 0 Å². The minimum absolute atomic E-state index is 0.0229. The molecule has 0 fully saturated rings. The lowest BCUT2D eigenvalue weighted by Gasteiger charge is -2.11. The Kier molecular flexibility index (Phi) is 7.21. The highest BCUT2D eigenvalue weighted by molar-refractivity contribution is 7.92. The van der Waals surface area contributed by atoms with Crippen LogP contribution in [0.25, 0.3) is 0 Å². The lowest BCUT2D eigenvalue weighted by Crippen LogP contribution is -2.33. The molecule has 0 saturated heterocycles. The van der Waals surface area contributed by atoms with Crippen molar-refractivity contribution in [3.8, 4) is 5.75 Å². The van der Waals surface area contributed by atoms with E-state index in [1.807, 2.05) is 0 Å². The average molecular weight is 357 g/mol. The predicted molar refractivity (Wildman–Crippen MR) is 90.2 cm³/mol. The normalized spacial score (nSPS) is 11.3. The molecule has 7 nitrogen and oxygen atoms in total. The van der Waals surface area contributed by atoms with Gasteiger partial charge in [0.05, 0.1) is 18.4 Å². The summed E-state index contributed by atoms with van der Waals surface area (Å²) in [7, 11) is -1.97. The zero-order valence-electron chi connectivity index (χ0n) is 14.0. The third-order valence-corrected chi connectivity index (χ3v) is 5.07. The molecule has 8 heteroatoms. The van der Waals surface area contributed by atoms with Crippen LogP contribution in [0.3, 0.4) is 0 Å². The second-order valence-electron chi connectivity index (χ2n) is 5.88. The minimum atomic E-state index is -3.41. The molecule has 1 aromatic rings. The van der Waals surface area contributed by atoms with E-state index in [9.17, 15) is 18.0 Å². The van der Waals surface area contributed by atoms with Gasteiger partial charge in [0.2, 0.25) is 5.91 Å². The lowest BCUT2D eigenvalue weighted by molar-refractivity contribution is -0.118. The maximum atomic E-state index is 11.7. The maximum absolute atomic E-state index is 11.7. The van der Waals surface area contributed by atoms with Crippen LogP contribution in [-0.4, -0.2) is 50.6 Å². The zero-order valence-corrected chi connectivity index (χ0v) is 14.9. The van der Waals surface area contributed by atoms with Gasteiger partial charge in [-0.1, -0.05) is 19.9 Å². The van der Waals surface area contributed by atoms with E-state index in [1.54, 1.807) is 19.9 Å². The molecule has 1 rings (SSSR count). The Morgan fingerprint density at radius 3 is 2.50 bits per heavy atom. The van der Waals surface area contributed by atoms with E-state index in [0.29, 0.717) is 12.2 Å². The summed E-state index contributed by atoms with van der Waals surface area (Å²) < 4.78 is 28.6. The number of methoxy groups -OCH3 is 1. The molecular weight excluding hydrogens is 334 g/mol. The minimum Gasteiger partial charge on any atom is -0.496 e. The van der Waals surface area contributed by atoms with Gasteiger partial charge in [0.25, 0.3) is 0 Å². The lowest BCUT2D eigenvalue weighted by atomic mass is 10.1. The summed E-state index contributed by atoms with van der Waals surface area (Å²) in [6.45, 7) is 3.80. The number of carbonyl (C=O) groups excluding carboxylic acids is 1. The van der Waals surface area contributed by atoms with Crippen LogP contribution in [0.15, 0.2) is 18.2 Å². The fourth-order valence-electron chi connectivity index (χ4n) is 2.24. The topological polar surface area (TPSA) is 110 Å². The summed E-state index contributed by atoms with van der Waals surface area (Å²) in [5, 5.41) is 11.5. The van der Waals surface area contributed by atoms with Crippen molar-refractivity contribution in [3.63, 3.8) is 0 Å². The van der Waals surface area contributed by atoms with Crippen molar-refractivity contribution in [2.24, 2.45) is 5.92 Å². The van der Waals surface area contributed by atoms with Gasteiger partial charge in [-0.05, 0) is 30.0 Å². The Balaban J connectivity index is 2.58. The largest absolute Gasteiger partial charge is 0.496 e. The third kappa shape index (κ3) is 6.57. The number of carbonyl (C=O) groups is 2. The Labute approximate surface area is 141 Å². The van der Waals surface area contributed by atoms with Crippen LogP contribution >= 0.6 is 0 Å². The summed E-state index contributed by atoms with van der Waals surface area (Å²) in [6, 6.07) is 4.48. The van der Waals surface area contributed by atoms with Crippen LogP contribution in [0.1, 0.15) is 29.8 Å². The molecule has 0 aliphatic rings. The number of hydrogen-bond donors (Lipinski definition) is 2. The molecule has 0 radical (unpaired) electrons. The number of ether oxygens (including phenoxy) is 1. The number of hydrogen-bond acceptors (Lipinski definition) is 5. The van der Waals surface area contributed by atoms with Crippen LogP contribution in [0.5, 0.6) is 5.75 Å². The van der Waals surface area contributed by atoms with Crippen LogP contribution in [-0.2, 0) is 21.1 Å². The summed E-state index contributed by atoms with van der Waals surface area (Å²) >= 11 is 0. The Morgan fingerprint density at radius 2 is 1.96 bits per heavy atom. The van der Waals surface area contributed by atoms with E-state index in [0.717, 1.165) is 5.56 Å². The summed E-state index contributed by atoms with van der Waals surface area (Å²) in [5.41, 5.74) is 0.840. The molecule has 0 aliphatic carbocycles. The molecule has 1 aromatic carbocycles. The van der Waals surface area contributed by atoms with Crippen LogP contribution in [0, 0.1) is 5.92 Å². The highest BCUT2D eigenvalue weighted by Crippen LogP contribution is 2.20. The SMILES string of the molecule is COc1cc(C(=O)O)ccc1CCNC(=O)CS(=O)(=O)CC(C)C. The average Bonchev–Trinajstić information content (AvgIpc) is 2.45. The zero-order chi connectivity index (χ0) is 18.3. The molecule has 0 saturated carbocycles. The van der Waals surface area contributed by atoms with Crippen molar-refractivity contribution in [1.82, 2.24) is 5.32 Å². The first kappa shape index (κ1) is 20.0. The van der Waals surface area contributed by atoms with Gasteiger partial charge >= 0.3 is 5.97 Å². The Bertz CT molecular complexity index is 697.